The third kappa shape index (κ3) is 4.03. The van der Waals surface area contributed by atoms with Gasteiger partial charge < -0.3 is 15.1 Å². The van der Waals surface area contributed by atoms with Crippen LogP contribution in [0.3, 0.4) is 0 Å². The lowest BCUT2D eigenvalue weighted by atomic mass is 9.90. The monoisotopic (exact) mass is 377 g/mol. The van der Waals surface area contributed by atoms with E-state index in [0.717, 1.165) is 50.3 Å². The Morgan fingerprint density at radius 1 is 1.07 bits per heavy atom. The summed E-state index contributed by atoms with van der Waals surface area (Å²) in [6.07, 6.45) is 3.66. The van der Waals surface area contributed by atoms with Crippen LogP contribution in [-0.2, 0) is 4.79 Å². The lowest BCUT2D eigenvalue weighted by molar-refractivity contribution is -0.117. The molecule has 1 N–H and O–H groups in total. The third-order valence-corrected chi connectivity index (χ3v) is 5.73. The number of anilines is 2. The molecule has 2 aliphatic heterocycles. The lowest BCUT2D eigenvalue weighted by Gasteiger charge is -2.33. The molecule has 2 fully saturated rings. The van der Waals surface area contributed by atoms with Crippen molar-refractivity contribution in [2.45, 2.75) is 38.5 Å². The summed E-state index contributed by atoms with van der Waals surface area (Å²) in [7, 11) is 0. The van der Waals surface area contributed by atoms with Gasteiger partial charge in [-0.15, -0.1) is 0 Å². The number of likely N-dealkylation sites (tertiary alicyclic amines) is 1. The van der Waals surface area contributed by atoms with Crippen LogP contribution in [0, 0.1) is 6.92 Å². The van der Waals surface area contributed by atoms with Crippen LogP contribution >= 0.6 is 0 Å². The second-order valence-electron chi connectivity index (χ2n) is 7.83. The molecule has 3 amide bonds. The summed E-state index contributed by atoms with van der Waals surface area (Å²) in [5, 5.41) is 3.01. The summed E-state index contributed by atoms with van der Waals surface area (Å²) in [4.78, 5) is 28.3. The van der Waals surface area contributed by atoms with Gasteiger partial charge >= 0.3 is 6.03 Å². The minimum Gasteiger partial charge on any atom is -0.324 e. The van der Waals surface area contributed by atoms with Crippen molar-refractivity contribution in [3.05, 3.63) is 59.7 Å². The van der Waals surface area contributed by atoms with Crippen molar-refractivity contribution in [1.82, 2.24) is 4.90 Å². The number of nitrogens with zero attached hydrogens (tertiary/aromatic N) is 2. The number of hydrogen-bond acceptors (Lipinski definition) is 2. The minimum atomic E-state index is -0.0534. The Labute approximate surface area is 166 Å². The molecule has 2 heterocycles. The van der Waals surface area contributed by atoms with Crippen LogP contribution in [0.4, 0.5) is 16.2 Å². The first-order valence-electron chi connectivity index (χ1n) is 10.1. The molecule has 0 aromatic heterocycles. The summed E-state index contributed by atoms with van der Waals surface area (Å²) in [6, 6.07) is 16.1. The molecule has 2 aromatic rings. The van der Waals surface area contributed by atoms with Crippen LogP contribution in [-0.4, -0.2) is 36.5 Å². The molecule has 0 aliphatic carbocycles. The van der Waals surface area contributed by atoms with Gasteiger partial charge in [-0.2, -0.15) is 0 Å². The van der Waals surface area contributed by atoms with E-state index < -0.39 is 0 Å². The molecule has 1 atom stereocenters. The van der Waals surface area contributed by atoms with E-state index in [1.165, 1.54) is 11.1 Å². The number of piperidine rings is 1. The van der Waals surface area contributed by atoms with Gasteiger partial charge in [0.05, 0.1) is 0 Å². The number of amides is 3. The molecular formula is C23H27N3O2. The Morgan fingerprint density at radius 3 is 2.61 bits per heavy atom. The Balaban J connectivity index is 1.38. The van der Waals surface area contributed by atoms with Gasteiger partial charge in [-0.1, -0.05) is 29.8 Å². The van der Waals surface area contributed by atoms with Crippen LogP contribution in [0.5, 0.6) is 0 Å². The van der Waals surface area contributed by atoms with Gasteiger partial charge in [0, 0.05) is 43.3 Å². The fraction of sp³-hybridized carbons (Fsp3) is 0.391. The molecular weight excluding hydrogens is 350 g/mol. The second kappa shape index (κ2) is 8.05. The molecule has 28 heavy (non-hydrogen) atoms. The van der Waals surface area contributed by atoms with Gasteiger partial charge in [0.2, 0.25) is 5.91 Å². The topological polar surface area (TPSA) is 52.7 Å². The maximum absolute atomic E-state index is 12.8. The molecule has 4 rings (SSSR count). The zero-order valence-corrected chi connectivity index (χ0v) is 16.4. The number of benzene rings is 2. The first-order valence-corrected chi connectivity index (χ1v) is 10.1. The fourth-order valence-corrected chi connectivity index (χ4v) is 4.21. The first-order chi connectivity index (χ1) is 13.6. The van der Waals surface area contributed by atoms with Crippen molar-refractivity contribution in [1.29, 1.82) is 0 Å². The molecule has 0 bridgehead atoms. The summed E-state index contributed by atoms with van der Waals surface area (Å²) < 4.78 is 0. The van der Waals surface area contributed by atoms with E-state index in [1.54, 1.807) is 0 Å². The van der Waals surface area contributed by atoms with E-state index in [-0.39, 0.29) is 11.9 Å². The van der Waals surface area contributed by atoms with Crippen molar-refractivity contribution in [3.63, 3.8) is 0 Å². The Kier molecular flexibility index (Phi) is 5.33. The van der Waals surface area contributed by atoms with Crippen molar-refractivity contribution in [2.75, 3.05) is 29.9 Å². The predicted molar refractivity (Wildman–Crippen MR) is 112 cm³/mol. The molecule has 2 saturated heterocycles. The highest BCUT2D eigenvalue weighted by molar-refractivity contribution is 5.96. The number of nitrogens with one attached hydrogen (secondary N) is 1. The van der Waals surface area contributed by atoms with Gasteiger partial charge in [-0.05, 0) is 56.0 Å². The molecule has 0 spiro atoms. The minimum absolute atomic E-state index is 0.0534. The third-order valence-electron chi connectivity index (χ3n) is 5.73. The van der Waals surface area contributed by atoms with E-state index in [4.69, 9.17) is 0 Å². The lowest BCUT2D eigenvalue weighted by Crippen LogP contribution is -2.41. The summed E-state index contributed by atoms with van der Waals surface area (Å²) in [5.74, 6) is 0.565. The number of urea groups is 1. The highest BCUT2D eigenvalue weighted by Crippen LogP contribution is 2.28. The van der Waals surface area contributed by atoms with Crippen LogP contribution in [0.1, 0.15) is 42.7 Å². The number of hydrogen-bond donors (Lipinski definition) is 1. The number of aryl methyl sites for hydroxylation is 1. The van der Waals surface area contributed by atoms with E-state index in [1.807, 2.05) is 34.1 Å². The van der Waals surface area contributed by atoms with Crippen LogP contribution in [0.15, 0.2) is 48.5 Å². The molecule has 2 aliphatic rings. The van der Waals surface area contributed by atoms with Crippen molar-refractivity contribution in [2.24, 2.45) is 0 Å². The number of carbonyl (C=O) groups excluding carboxylic acids is 2. The zero-order chi connectivity index (χ0) is 19.5. The quantitative estimate of drug-likeness (QED) is 0.854. The molecule has 5 heteroatoms. The second-order valence-corrected chi connectivity index (χ2v) is 7.83. The molecule has 0 saturated carbocycles. The highest BCUT2D eigenvalue weighted by atomic mass is 16.2. The molecule has 5 nitrogen and oxygen atoms in total. The van der Waals surface area contributed by atoms with Gasteiger partial charge in [0.25, 0.3) is 0 Å². The predicted octanol–water partition coefficient (Wildman–Crippen LogP) is 4.53. The van der Waals surface area contributed by atoms with Crippen LogP contribution in [0.25, 0.3) is 0 Å². The summed E-state index contributed by atoms with van der Waals surface area (Å²) in [5.41, 5.74) is 4.24. The average molecular weight is 377 g/mol. The standard InChI is InChI=1S/C23H27N3O2/c1-17-5-2-6-18(15-17)19-7-3-13-25(16-19)23(28)24-20-9-11-21(12-10-20)26-14-4-8-22(26)27/h2,5-6,9-12,15,19H,3-4,7-8,13-14,16H2,1H3,(H,24,28)/t19-/m1/s1. The van der Waals surface area contributed by atoms with Crippen LogP contribution < -0.4 is 10.2 Å². The van der Waals surface area contributed by atoms with E-state index in [9.17, 15) is 9.59 Å². The maximum atomic E-state index is 12.8. The van der Waals surface area contributed by atoms with E-state index >= 15 is 0 Å². The smallest absolute Gasteiger partial charge is 0.321 e. The SMILES string of the molecule is Cc1cccc([C@@H]2CCCN(C(=O)Nc3ccc(N4CCCC4=O)cc3)C2)c1. The van der Waals surface area contributed by atoms with Crippen molar-refractivity contribution in [3.8, 4) is 0 Å². The van der Waals surface area contributed by atoms with Gasteiger partial charge in [0.1, 0.15) is 0 Å². The maximum Gasteiger partial charge on any atom is 0.321 e. The summed E-state index contributed by atoms with van der Waals surface area (Å²) in [6.45, 7) is 4.42. The Hall–Kier alpha value is -2.82. The average Bonchev–Trinajstić information content (AvgIpc) is 3.14. The van der Waals surface area contributed by atoms with Gasteiger partial charge in [-0.3, -0.25) is 4.79 Å². The first kappa shape index (κ1) is 18.5. The van der Waals surface area contributed by atoms with E-state index in [0.29, 0.717) is 12.3 Å². The fourth-order valence-electron chi connectivity index (χ4n) is 4.21. The van der Waals surface area contributed by atoms with Crippen LogP contribution in [0.2, 0.25) is 0 Å². The normalized spacial score (nSPS) is 19.8. The van der Waals surface area contributed by atoms with Crippen molar-refractivity contribution >= 4 is 23.3 Å². The number of rotatable bonds is 3. The largest absolute Gasteiger partial charge is 0.324 e. The highest BCUT2D eigenvalue weighted by Gasteiger charge is 2.25. The summed E-state index contributed by atoms with van der Waals surface area (Å²) >= 11 is 0. The van der Waals surface area contributed by atoms with Crippen molar-refractivity contribution < 1.29 is 9.59 Å². The molecule has 0 radical (unpaired) electrons. The Morgan fingerprint density at radius 2 is 1.89 bits per heavy atom. The Bertz CT molecular complexity index is 862. The molecule has 2 aromatic carbocycles. The molecule has 0 unspecified atom stereocenters. The zero-order valence-electron chi connectivity index (χ0n) is 16.4. The molecule has 146 valence electrons. The number of carbonyl (C=O) groups is 2. The van der Waals surface area contributed by atoms with Gasteiger partial charge in [-0.25, -0.2) is 4.79 Å². The van der Waals surface area contributed by atoms with E-state index in [2.05, 4.69) is 36.5 Å². The van der Waals surface area contributed by atoms with Gasteiger partial charge in [0.15, 0.2) is 0 Å².